The molecule has 0 spiro atoms. The highest BCUT2D eigenvalue weighted by Gasteiger charge is 2.12. The Kier molecular flexibility index (Phi) is 4.92. The fourth-order valence-electron chi connectivity index (χ4n) is 2.03. The summed E-state index contributed by atoms with van der Waals surface area (Å²) in [5.74, 6) is 1.51. The molecule has 2 heteroatoms. The second-order valence-corrected chi connectivity index (χ2v) is 5.66. The zero-order chi connectivity index (χ0) is 13.7. The first-order valence-corrected chi connectivity index (χ1v) is 7.78. The minimum atomic E-state index is 0.470. The van der Waals surface area contributed by atoms with E-state index in [4.69, 9.17) is 4.74 Å². The molecule has 0 aliphatic heterocycles. The van der Waals surface area contributed by atoms with Crippen LogP contribution < -0.4 is 4.74 Å². The van der Waals surface area contributed by atoms with Crippen LogP contribution in [0, 0.1) is 0 Å². The lowest BCUT2D eigenvalue weighted by Crippen LogP contribution is -2.01. The minimum Gasteiger partial charge on any atom is -0.487 e. The molecule has 0 aliphatic carbocycles. The quantitative estimate of drug-likeness (QED) is 0.699. The van der Waals surface area contributed by atoms with Gasteiger partial charge in [-0.2, -0.15) is 0 Å². The third-order valence-electron chi connectivity index (χ3n) is 3.08. The molecule has 100 valence electrons. The average Bonchev–Trinajstić information content (AvgIpc) is 2.45. The fraction of sp³-hybridized carbons (Fsp3) is 0.294. The number of ether oxygens (including phenoxy) is 1. The summed E-state index contributed by atoms with van der Waals surface area (Å²) in [5.41, 5.74) is 2.48. The standard InChI is InChI=1S/C17H20OS/c1-13(2)15-10-7-11-16(19-3)17(15)18-12-14-8-5-4-6-9-14/h4-11,13H,12H2,1-3H3. The predicted octanol–water partition coefficient (Wildman–Crippen LogP) is 5.11. The topological polar surface area (TPSA) is 9.23 Å². The summed E-state index contributed by atoms with van der Waals surface area (Å²) in [5, 5.41) is 0. The molecule has 0 aliphatic rings. The van der Waals surface area contributed by atoms with E-state index in [0.29, 0.717) is 12.5 Å². The van der Waals surface area contributed by atoms with Crippen molar-refractivity contribution in [3.8, 4) is 5.75 Å². The van der Waals surface area contributed by atoms with Crippen LogP contribution >= 0.6 is 11.8 Å². The maximum atomic E-state index is 6.09. The molecule has 0 bridgehead atoms. The summed E-state index contributed by atoms with van der Waals surface area (Å²) >= 11 is 1.74. The number of hydrogen-bond acceptors (Lipinski definition) is 2. The van der Waals surface area contributed by atoms with Gasteiger partial charge in [0.25, 0.3) is 0 Å². The van der Waals surface area contributed by atoms with Crippen molar-refractivity contribution in [2.24, 2.45) is 0 Å². The van der Waals surface area contributed by atoms with Crippen LogP contribution in [0.4, 0.5) is 0 Å². The molecule has 19 heavy (non-hydrogen) atoms. The Morgan fingerprint density at radius 3 is 2.37 bits per heavy atom. The van der Waals surface area contributed by atoms with Crippen molar-refractivity contribution in [2.75, 3.05) is 6.26 Å². The maximum absolute atomic E-state index is 6.09. The van der Waals surface area contributed by atoms with Crippen molar-refractivity contribution in [3.05, 3.63) is 59.7 Å². The fourth-order valence-corrected chi connectivity index (χ4v) is 2.61. The molecule has 2 aromatic carbocycles. The smallest absolute Gasteiger partial charge is 0.136 e. The summed E-state index contributed by atoms with van der Waals surface area (Å²) < 4.78 is 6.09. The summed E-state index contributed by atoms with van der Waals surface area (Å²) in [6, 6.07) is 16.7. The molecule has 0 saturated heterocycles. The Morgan fingerprint density at radius 2 is 1.74 bits per heavy atom. The lowest BCUT2D eigenvalue weighted by Gasteiger charge is -2.17. The van der Waals surface area contributed by atoms with E-state index >= 15 is 0 Å². The highest BCUT2D eigenvalue weighted by Crippen LogP contribution is 2.35. The summed E-state index contributed by atoms with van der Waals surface area (Å²) in [4.78, 5) is 1.21. The maximum Gasteiger partial charge on any atom is 0.136 e. The van der Waals surface area contributed by atoms with E-state index in [9.17, 15) is 0 Å². The zero-order valence-electron chi connectivity index (χ0n) is 11.7. The van der Waals surface area contributed by atoms with Gasteiger partial charge < -0.3 is 4.74 Å². The van der Waals surface area contributed by atoms with Crippen LogP contribution in [0.2, 0.25) is 0 Å². The first kappa shape index (κ1) is 14.0. The van der Waals surface area contributed by atoms with Crippen LogP contribution in [0.25, 0.3) is 0 Å². The third-order valence-corrected chi connectivity index (χ3v) is 3.84. The highest BCUT2D eigenvalue weighted by molar-refractivity contribution is 7.98. The van der Waals surface area contributed by atoms with Crippen molar-refractivity contribution >= 4 is 11.8 Å². The molecule has 0 unspecified atom stereocenters. The molecule has 0 N–H and O–H groups in total. The van der Waals surface area contributed by atoms with E-state index in [-0.39, 0.29) is 0 Å². The number of rotatable bonds is 5. The Hall–Kier alpha value is -1.41. The highest BCUT2D eigenvalue weighted by atomic mass is 32.2. The molecular weight excluding hydrogens is 252 g/mol. The van der Waals surface area contributed by atoms with Gasteiger partial charge in [0.2, 0.25) is 0 Å². The molecular formula is C17H20OS. The van der Waals surface area contributed by atoms with E-state index in [1.165, 1.54) is 16.0 Å². The summed E-state index contributed by atoms with van der Waals surface area (Å²) in [6.07, 6.45) is 2.09. The van der Waals surface area contributed by atoms with Gasteiger partial charge in [-0.25, -0.2) is 0 Å². The number of hydrogen-bond donors (Lipinski definition) is 0. The van der Waals surface area contributed by atoms with E-state index in [0.717, 1.165) is 5.75 Å². The van der Waals surface area contributed by atoms with Gasteiger partial charge in [0.1, 0.15) is 12.4 Å². The lowest BCUT2D eigenvalue weighted by molar-refractivity contribution is 0.294. The largest absolute Gasteiger partial charge is 0.487 e. The summed E-state index contributed by atoms with van der Waals surface area (Å²) in [6.45, 7) is 5.03. The van der Waals surface area contributed by atoms with Gasteiger partial charge in [0, 0.05) is 4.90 Å². The monoisotopic (exact) mass is 272 g/mol. The van der Waals surface area contributed by atoms with E-state index < -0.39 is 0 Å². The van der Waals surface area contributed by atoms with Crippen molar-refractivity contribution in [3.63, 3.8) is 0 Å². The van der Waals surface area contributed by atoms with Crippen molar-refractivity contribution in [1.29, 1.82) is 0 Å². The lowest BCUT2D eigenvalue weighted by atomic mass is 10.0. The number of thioether (sulfide) groups is 1. The van der Waals surface area contributed by atoms with Gasteiger partial charge >= 0.3 is 0 Å². The van der Waals surface area contributed by atoms with Crippen LogP contribution in [0.5, 0.6) is 5.75 Å². The number of benzene rings is 2. The van der Waals surface area contributed by atoms with Crippen LogP contribution in [0.3, 0.4) is 0 Å². The normalized spacial score (nSPS) is 10.7. The second-order valence-electron chi connectivity index (χ2n) is 4.81. The van der Waals surface area contributed by atoms with E-state index in [2.05, 4.69) is 50.4 Å². The molecule has 0 aromatic heterocycles. The Labute approximate surface area is 120 Å². The summed E-state index contributed by atoms with van der Waals surface area (Å²) in [7, 11) is 0. The molecule has 0 atom stereocenters. The van der Waals surface area contributed by atoms with E-state index in [1.54, 1.807) is 11.8 Å². The van der Waals surface area contributed by atoms with Crippen molar-refractivity contribution in [2.45, 2.75) is 31.3 Å². The zero-order valence-corrected chi connectivity index (χ0v) is 12.5. The van der Waals surface area contributed by atoms with Gasteiger partial charge in [-0.15, -0.1) is 11.8 Å². The van der Waals surface area contributed by atoms with Gasteiger partial charge in [-0.1, -0.05) is 56.3 Å². The van der Waals surface area contributed by atoms with Crippen LogP contribution in [-0.4, -0.2) is 6.26 Å². The molecule has 1 nitrogen and oxygen atoms in total. The molecule has 0 amide bonds. The third kappa shape index (κ3) is 3.54. The molecule has 0 saturated carbocycles. The second kappa shape index (κ2) is 6.67. The van der Waals surface area contributed by atoms with Crippen LogP contribution in [-0.2, 0) is 6.61 Å². The van der Waals surface area contributed by atoms with Gasteiger partial charge in [-0.05, 0) is 29.4 Å². The Bertz CT molecular complexity index is 520. The molecule has 2 rings (SSSR count). The first-order chi connectivity index (χ1) is 9.22. The molecule has 2 aromatic rings. The molecule has 0 heterocycles. The number of para-hydroxylation sites is 1. The Balaban J connectivity index is 2.23. The van der Waals surface area contributed by atoms with Gasteiger partial charge in [0.05, 0.1) is 0 Å². The van der Waals surface area contributed by atoms with Gasteiger partial charge in [-0.3, -0.25) is 0 Å². The average molecular weight is 272 g/mol. The predicted molar refractivity (Wildman–Crippen MR) is 83.1 cm³/mol. The molecule has 0 radical (unpaired) electrons. The first-order valence-electron chi connectivity index (χ1n) is 6.56. The van der Waals surface area contributed by atoms with Crippen LogP contribution in [0.15, 0.2) is 53.4 Å². The molecule has 0 fully saturated rings. The van der Waals surface area contributed by atoms with Crippen LogP contribution in [0.1, 0.15) is 30.9 Å². The van der Waals surface area contributed by atoms with Crippen molar-refractivity contribution < 1.29 is 4.74 Å². The van der Waals surface area contributed by atoms with Gasteiger partial charge in [0.15, 0.2) is 0 Å². The minimum absolute atomic E-state index is 0.470. The van der Waals surface area contributed by atoms with Crippen molar-refractivity contribution in [1.82, 2.24) is 0 Å². The van der Waals surface area contributed by atoms with E-state index in [1.807, 2.05) is 18.2 Å². The SMILES string of the molecule is CSc1cccc(C(C)C)c1OCc1ccccc1. The Morgan fingerprint density at radius 1 is 1.00 bits per heavy atom.